The summed E-state index contributed by atoms with van der Waals surface area (Å²) in [5.41, 5.74) is 1.66. The van der Waals surface area contributed by atoms with Crippen molar-refractivity contribution in [3.63, 3.8) is 0 Å². The van der Waals surface area contributed by atoms with Crippen LogP contribution in [0.25, 0.3) is 0 Å². The van der Waals surface area contributed by atoms with Crippen molar-refractivity contribution in [1.82, 2.24) is 0 Å². The van der Waals surface area contributed by atoms with Gasteiger partial charge < -0.3 is 28.7 Å². The molecule has 1 aliphatic rings. The predicted molar refractivity (Wildman–Crippen MR) is 68.9 cm³/mol. The fourth-order valence-corrected chi connectivity index (χ4v) is 2.12. The monoisotopic (exact) mass is 282 g/mol. The van der Waals surface area contributed by atoms with Crippen LogP contribution in [-0.2, 0) is 6.42 Å². The number of ether oxygens (including phenoxy) is 1. The Morgan fingerprint density at radius 1 is 1.35 bits per heavy atom. The maximum atomic E-state index is 6.00. The Morgan fingerprint density at radius 2 is 1.88 bits per heavy atom. The second kappa shape index (κ2) is 7.08. The van der Waals surface area contributed by atoms with Crippen LogP contribution in [0.4, 0.5) is 0 Å². The van der Waals surface area contributed by atoms with Crippen LogP contribution in [0.2, 0.25) is 0 Å². The van der Waals surface area contributed by atoms with Gasteiger partial charge in [-0.05, 0) is 24.1 Å². The van der Waals surface area contributed by atoms with Crippen molar-refractivity contribution >= 4 is 34.7 Å². The average Bonchev–Trinajstić information content (AvgIpc) is 2.85. The van der Waals surface area contributed by atoms with Crippen LogP contribution in [0.5, 0.6) is 5.75 Å². The summed E-state index contributed by atoms with van der Waals surface area (Å²) in [4.78, 5) is 0. The number of hydrogen-bond donors (Lipinski definition) is 0. The molecule has 0 aromatic heterocycles. The topological polar surface area (TPSA) is 9.23 Å². The molecular formula is C13H16Cl2MgO. The molecule has 1 aliphatic carbocycles. The van der Waals surface area contributed by atoms with Gasteiger partial charge in [0.05, 0.1) is 7.11 Å². The van der Waals surface area contributed by atoms with Crippen molar-refractivity contribution in [3.05, 3.63) is 35.2 Å². The van der Waals surface area contributed by atoms with Gasteiger partial charge in [-0.25, -0.2) is 5.38 Å². The Hall–Kier alpha value is 0.366. The molecule has 1 saturated carbocycles. The zero-order valence-corrected chi connectivity index (χ0v) is 13.2. The van der Waals surface area contributed by atoms with Gasteiger partial charge in [-0.15, -0.1) is 0 Å². The van der Waals surface area contributed by atoms with Gasteiger partial charge in [0.2, 0.25) is 0 Å². The first-order valence-electron chi connectivity index (χ1n) is 5.29. The number of benzene rings is 1. The Balaban J connectivity index is 0.00000128. The molecule has 1 atom stereocenters. The van der Waals surface area contributed by atoms with Gasteiger partial charge in [-0.2, -0.15) is 11.8 Å². The van der Waals surface area contributed by atoms with Crippen LogP contribution < -0.4 is 17.1 Å². The molecule has 0 amide bonds. The predicted octanol–water partition coefficient (Wildman–Crippen LogP) is 0.432. The number of methoxy groups -OCH3 is 1. The molecule has 1 aromatic carbocycles. The van der Waals surface area contributed by atoms with Gasteiger partial charge in [0.1, 0.15) is 5.75 Å². The molecule has 90 valence electrons. The molecule has 2 rings (SSSR count). The van der Waals surface area contributed by atoms with E-state index in [-0.39, 0.29) is 35.5 Å². The van der Waals surface area contributed by atoms with E-state index >= 15 is 0 Å². The van der Waals surface area contributed by atoms with Gasteiger partial charge in [-0.3, -0.25) is 0 Å². The van der Waals surface area contributed by atoms with Gasteiger partial charge in [-0.1, -0.05) is 25.5 Å². The van der Waals surface area contributed by atoms with Crippen LogP contribution in [0.1, 0.15) is 25.3 Å². The minimum Gasteiger partial charge on any atom is -1.00 e. The molecule has 0 unspecified atom stereocenters. The standard InChI is InChI=1S/C13H16ClO.ClH.Mg/c1-13(9-12(13)14)8-7-10-3-5-11(15-2)6-4-10;;/h3-6H,7-9H2,1-2H3;1H;/q-1;;+2/p-1/t13-;;/m0../s1. The van der Waals surface area contributed by atoms with E-state index in [1.54, 1.807) is 7.11 Å². The van der Waals surface area contributed by atoms with Gasteiger partial charge >= 0.3 is 23.1 Å². The van der Waals surface area contributed by atoms with Crippen molar-refractivity contribution in [2.75, 3.05) is 7.11 Å². The summed E-state index contributed by atoms with van der Waals surface area (Å²) in [5.74, 6) is 0.918. The molecule has 0 bridgehead atoms. The number of halogens is 2. The quantitative estimate of drug-likeness (QED) is 0.575. The van der Waals surface area contributed by atoms with Crippen molar-refractivity contribution in [1.29, 1.82) is 0 Å². The van der Waals surface area contributed by atoms with Crippen LogP contribution in [0.3, 0.4) is 0 Å². The fraction of sp³-hybridized carbons (Fsp3) is 0.462. The molecule has 1 aromatic rings. The molecule has 0 heterocycles. The number of rotatable bonds is 4. The van der Waals surface area contributed by atoms with Gasteiger partial charge in [0.25, 0.3) is 0 Å². The molecule has 0 aliphatic heterocycles. The molecular weight excluding hydrogens is 267 g/mol. The van der Waals surface area contributed by atoms with E-state index in [0.29, 0.717) is 5.41 Å². The fourth-order valence-electron chi connectivity index (χ4n) is 1.73. The third kappa shape index (κ3) is 4.51. The molecule has 0 radical (unpaired) electrons. The summed E-state index contributed by atoms with van der Waals surface area (Å²) in [7, 11) is 1.69. The smallest absolute Gasteiger partial charge is 1.00 e. The van der Waals surface area contributed by atoms with Crippen LogP contribution in [-0.4, -0.2) is 30.2 Å². The van der Waals surface area contributed by atoms with E-state index in [4.69, 9.17) is 16.3 Å². The second-order valence-corrected chi connectivity index (χ2v) is 4.95. The van der Waals surface area contributed by atoms with Crippen molar-refractivity contribution in [2.45, 2.75) is 26.2 Å². The maximum absolute atomic E-state index is 6.00. The first kappa shape index (κ1) is 17.4. The van der Waals surface area contributed by atoms with Crippen LogP contribution in [0, 0.1) is 10.8 Å². The number of aryl methyl sites for hydroxylation is 1. The van der Waals surface area contributed by atoms with E-state index in [1.807, 2.05) is 12.1 Å². The zero-order chi connectivity index (χ0) is 10.9. The molecule has 0 N–H and O–H groups in total. The number of hydrogen-bond acceptors (Lipinski definition) is 1. The van der Waals surface area contributed by atoms with Gasteiger partial charge in [0.15, 0.2) is 0 Å². The van der Waals surface area contributed by atoms with Crippen LogP contribution in [0.15, 0.2) is 24.3 Å². The summed E-state index contributed by atoms with van der Waals surface area (Å²) in [5, 5.41) is 1.14. The van der Waals surface area contributed by atoms with Crippen molar-refractivity contribution in [3.8, 4) is 5.75 Å². The Bertz CT molecular complexity index is 342. The van der Waals surface area contributed by atoms with E-state index < -0.39 is 0 Å². The van der Waals surface area contributed by atoms with E-state index in [2.05, 4.69) is 19.1 Å². The molecule has 0 saturated heterocycles. The average molecular weight is 283 g/mol. The zero-order valence-electron chi connectivity index (χ0n) is 10.3. The largest absolute Gasteiger partial charge is 2.00 e. The molecule has 0 spiro atoms. The molecule has 17 heavy (non-hydrogen) atoms. The van der Waals surface area contributed by atoms with E-state index in [9.17, 15) is 0 Å². The Labute approximate surface area is 131 Å². The third-order valence-corrected chi connectivity index (χ3v) is 3.79. The van der Waals surface area contributed by atoms with Gasteiger partial charge in [0, 0.05) is 0 Å². The SMILES string of the molecule is COc1ccc(CC[C@@]2(C)C[C-]2Cl)cc1.[Cl-].[Mg+2]. The van der Waals surface area contributed by atoms with E-state index in [0.717, 1.165) is 30.4 Å². The minimum absolute atomic E-state index is 0. The summed E-state index contributed by atoms with van der Waals surface area (Å²) >= 11 is 6.00. The van der Waals surface area contributed by atoms with E-state index in [1.165, 1.54) is 5.56 Å². The Morgan fingerprint density at radius 3 is 2.29 bits per heavy atom. The minimum atomic E-state index is 0. The first-order chi connectivity index (χ1) is 7.14. The first-order valence-corrected chi connectivity index (χ1v) is 5.66. The Kier molecular flexibility index (Phi) is 7.23. The summed E-state index contributed by atoms with van der Waals surface area (Å²) < 4.78 is 5.12. The second-order valence-electron chi connectivity index (χ2n) is 4.49. The molecule has 1 fully saturated rings. The molecule has 1 nitrogen and oxygen atoms in total. The van der Waals surface area contributed by atoms with Crippen molar-refractivity contribution in [2.24, 2.45) is 5.41 Å². The third-order valence-electron chi connectivity index (χ3n) is 3.20. The summed E-state index contributed by atoms with van der Waals surface area (Å²) in [6.45, 7) is 2.23. The maximum Gasteiger partial charge on any atom is 2.00 e. The summed E-state index contributed by atoms with van der Waals surface area (Å²) in [6, 6.07) is 8.27. The van der Waals surface area contributed by atoms with Crippen LogP contribution >= 0.6 is 11.6 Å². The van der Waals surface area contributed by atoms with Crippen molar-refractivity contribution < 1.29 is 17.1 Å². The summed E-state index contributed by atoms with van der Waals surface area (Å²) in [6.07, 6.45) is 3.33. The molecule has 4 heteroatoms. The normalized spacial score (nSPS) is 22.3.